The number of hydrogen-bond acceptors (Lipinski definition) is 18. The molecule has 19 heteroatoms. The molecule has 1 amide bonds. The molecule has 0 aromatic rings. The number of amides is 1. The summed E-state index contributed by atoms with van der Waals surface area (Å²) in [5, 5.41) is 119. The van der Waals surface area contributed by atoms with Crippen LogP contribution in [0.1, 0.15) is 174 Å². The number of rotatable bonds is 38. The molecule has 3 fully saturated rings. The molecule has 70 heavy (non-hydrogen) atoms. The van der Waals surface area contributed by atoms with Gasteiger partial charge in [0.05, 0.1) is 38.6 Å². The summed E-state index contributed by atoms with van der Waals surface area (Å²) in [4.78, 5) is 13.0. The molecule has 3 aliphatic heterocycles. The molecule has 3 heterocycles. The fourth-order valence-corrected chi connectivity index (χ4v) is 9.31. The van der Waals surface area contributed by atoms with E-state index >= 15 is 0 Å². The molecule has 0 aromatic carbocycles. The number of ether oxygens (including phenoxy) is 6. The molecule has 0 spiro atoms. The minimum atomic E-state index is -1.97. The highest BCUT2D eigenvalue weighted by atomic mass is 16.8. The lowest BCUT2D eigenvalue weighted by molar-refractivity contribution is -0.379. The van der Waals surface area contributed by atoms with Crippen molar-refractivity contribution in [3.63, 3.8) is 0 Å². The number of hydrogen-bond donors (Lipinski definition) is 12. The van der Waals surface area contributed by atoms with Crippen molar-refractivity contribution in [2.75, 3.05) is 26.4 Å². The van der Waals surface area contributed by atoms with E-state index in [-0.39, 0.29) is 18.9 Å². The maximum Gasteiger partial charge on any atom is 0.220 e. The van der Waals surface area contributed by atoms with E-state index in [9.17, 15) is 61.0 Å². The van der Waals surface area contributed by atoms with Gasteiger partial charge in [-0.3, -0.25) is 4.79 Å². The van der Waals surface area contributed by atoms with Crippen LogP contribution in [0.2, 0.25) is 0 Å². The Morgan fingerprint density at radius 2 is 0.886 bits per heavy atom. The number of allylic oxidation sites excluding steroid dienone is 1. The van der Waals surface area contributed by atoms with Crippen molar-refractivity contribution in [2.45, 2.75) is 279 Å². The zero-order chi connectivity index (χ0) is 51.3. The fourth-order valence-electron chi connectivity index (χ4n) is 9.31. The predicted octanol–water partition coefficient (Wildman–Crippen LogP) is 2.65. The monoisotopic (exact) mass is 1010 g/mol. The first kappa shape index (κ1) is 62.8. The minimum absolute atomic E-state index is 0.237. The Labute approximate surface area is 416 Å². The van der Waals surface area contributed by atoms with Gasteiger partial charge in [-0.15, -0.1) is 0 Å². The van der Waals surface area contributed by atoms with Crippen LogP contribution in [0.25, 0.3) is 0 Å². The number of aliphatic hydroxyl groups excluding tert-OH is 11. The molecular weight excluding hydrogens is 915 g/mol. The lowest BCUT2D eigenvalue weighted by atomic mass is 9.96. The quantitative estimate of drug-likeness (QED) is 0.0313. The first-order valence-corrected chi connectivity index (χ1v) is 26.9. The van der Waals surface area contributed by atoms with Crippen molar-refractivity contribution in [3.8, 4) is 0 Å². The SMILES string of the molecule is CCCCCCCCCCCCCCCCCCCCC/C=C/C(O)C(COC1OC(CO)C(OC2OC(CO)C(OC3OC(CO)C(O)C(O)C3O)C(O)C2O)C(O)C1O)NC(=O)CCCCCC. The van der Waals surface area contributed by atoms with Crippen LogP contribution in [-0.2, 0) is 33.2 Å². The van der Waals surface area contributed by atoms with Crippen LogP contribution < -0.4 is 5.32 Å². The van der Waals surface area contributed by atoms with Gasteiger partial charge < -0.3 is 89.9 Å². The van der Waals surface area contributed by atoms with Crippen molar-refractivity contribution in [1.82, 2.24) is 5.32 Å². The average Bonchev–Trinajstić information content (AvgIpc) is 3.35. The summed E-state index contributed by atoms with van der Waals surface area (Å²) in [6.45, 7) is 1.57. The summed E-state index contributed by atoms with van der Waals surface area (Å²) in [5.74, 6) is -0.293. The Morgan fingerprint density at radius 1 is 0.500 bits per heavy atom. The molecule has 17 atom stereocenters. The third kappa shape index (κ3) is 21.8. The van der Waals surface area contributed by atoms with E-state index in [0.29, 0.717) is 6.42 Å². The topological polar surface area (TPSA) is 307 Å². The number of aliphatic hydroxyl groups is 11. The zero-order valence-corrected chi connectivity index (χ0v) is 42.3. The van der Waals surface area contributed by atoms with Gasteiger partial charge in [0.1, 0.15) is 73.2 Å². The Morgan fingerprint density at radius 3 is 1.34 bits per heavy atom. The fraction of sp³-hybridized carbons (Fsp3) is 0.941. The summed E-state index contributed by atoms with van der Waals surface area (Å²) in [7, 11) is 0. The number of carbonyl (C=O) groups is 1. The Balaban J connectivity index is 1.45. The van der Waals surface area contributed by atoms with E-state index < -0.39 is 124 Å². The lowest BCUT2D eigenvalue weighted by Gasteiger charge is -2.48. The van der Waals surface area contributed by atoms with E-state index in [1.165, 1.54) is 103 Å². The molecule has 12 N–H and O–H groups in total. The van der Waals surface area contributed by atoms with E-state index in [1.54, 1.807) is 6.08 Å². The van der Waals surface area contributed by atoms with E-state index in [0.717, 1.165) is 44.9 Å². The maximum atomic E-state index is 13.0. The second-order valence-electron chi connectivity index (χ2n) is 19.7. The van der Waals surface area contributed by atoms with E-state index in [2.05, 4.69) is 19.2 Å². The zero-order valence-electron chi connectivity index (χ0n) is 42.3. The molecule has 0 aromatic heterocycles. The van der Waals surface area contributed by atoms with E-state index in [1.807, 2.05) is 6.08 Å². The molecule has 0 saturated carbocycles. The normalized spacial score (nSPS) is 32.6. The van der Waals surface area contributed by atoms with Gasteiger partial charge in [0.2, 0.25) is 5.91 Å². The van der Waals surface area contributed by atoms with Gasteiger partial charge in [0.15, 0.2) is 18.9 Å². The minimum Gasteiger partial charge on any atom is -0.394 e. The molecule has 0 radical (unpaired) electrons. The second-order valence-corrected chi connectivity index (χ2v) is 19.7. The van der Waals surface area contributed by atoms with Crippen LogP contribution in [0.3, 0.4) is 0 Å². The summed E-state index contributed by atoms with van der Waals surface area (Å²) < 4.78 is 34.0. The highest BCUT2D eigenvalue weighted by Crippen LogP contribution is 2.33. The maximum absolute atomic E-state index is 13.0. The van der Waals surface area contributed by atoms with Crippen LogP contribution in [0.15, 0.2) is 12.2 Å². The van der Waals surface area contributed by atoms with Gasteiger partial charge in [-0.05, 0) is 19.3 Å². The van der Waals surface area contributed by atoms with Crippen molar-refractivity contribution in [3.05, 3.63) is 12.2 Å². The van der Waals surface area contributed by atoms with Gasteiger partial charge >= 0.3 is 0 Å². The van der Waals surface area contributed by atoms with E-state index in [4.69, 9.17) is 28.4 Å². The van der Waals surface area contributed by atoms with Gasteiger partial charge in [-0.25, -0.2) is 0 Å². The molecule has 17 unspecified atom stereocenters. The summed E-state index contributed by atoms with van der Waals surface area (Å²) in [5.41, 5.74) is 0. The van der Waals surface area contributed by atoms with Crippen LogP contribution in [0, 0.1) is 0 Å². The Kier molecular flexibility index (Phi) is 32.7. The predicted molar refractivity (Wildman–Crippen MR) is 259 cm³/mol. The lowest BCUT2D eigenvalue weighted by Crippen LogP contribution is -2.66. The van der Waals surface area contributed by atoms with Crippen molar-refractivity contribution >= 4 is 5.91 Å². The molecule has 3 rings (SSSR count). The first-order valence-electron chi connectivity index (χ1n) is 26.9. The molecule has 412 valence electrons. The Bertz CT molecular complexity index is 1350. The van der Waals surface area contributed by atoms with Gasteiger partial charge in [0.25, 0.3) is 0 Å². The molecule has 0 aliphatic carbocycles. The third-order valence-electron chi connectivity index (χ3n) is 13.8. The Hall–Kier alpha value is -1.47. The summed E-state index contributed by atoms with van der Waals surface area (Å²) >= 11 is 0. The highest BCUT2D eigenvalue weighted by Gasteiger charge is 2.53. The molecule has 0 bridgehead atoms. The van der Waals surface area contributed by atoms with Crippen LogP contribution in [-0.4, -0.2) is 193 Å². The standard InChI is InChI=1S/C51H95NO18/c1-3-5-7-9-10-11-12-13-14-15-16-17-18-19-20-21-22-23-24-25-26-28-35(56)34(52-39(57)29-27-8-6-4-2)33-65-49-45(63)42(60)47(37(31-54)67-49)70-51-46(64)43(61)48(38(32-55)68-51)69-50-44(62)41(59)40(58)36(30-53)66-50/h26,28,34-38,40-51,53-56,58-64H,3-25,27,29-33H2,1-2H3,(H,52,57)/b28-26+. The van der Waals surface area contributed by atoms with Crippen molar-refractivity contribution < 1.29 is 89.4 Å². The summed E-state index contributed by atoms with van der Waals surface area (Å²) in [6.07, 6.45) is 5.88. The van der Waals surface area contributed by atoms with Crippen LogP contribution in [0.5, 0.6) is 0 Å². The molecule has 3 saturated heterocycles. The third-order valence-corrected chi connectivity index (χ3v) is 13.8. The van der Waals surface area contributed by atoms with Gasteiger partial charge in [-0.2, -0.15) is 0 Å². The van der Waals surface area contributed by atoms with Gasteiger partial charge in [-0.1, -0.05) is 161 Å². The molecule has 19 nitrogen and oxygen atoms in total. The summed E-state index contributed by atoms with van der Waals surface area (Å²) in [6, 6.07) is -0.963. The molecule has 3 aliphatic rings. The largest absolute Gasteiger partial charge is 0.394 e. The number of carbonyl (C=O) groups excluding carboxylic acids is 1. The number of nitrogens with one attached hydrogen (secondary N) is 1. The first-order chi connectivity index (χ1) is 33.8. The van der Waals surface area contributed by atoms with Gasteiger partial charge in [0, 0.05) is 6.42 Å². The van der Waals surface area contributed by atoms with Crippen LogP contribution in [0.4, 0.5) is 0 Å². The number of unbranched alkanes of at least 4 members (excludes halogenated alkanes) is 22. The highest BCUT2D eigenvalue weighted by molar-refractivity contribution is 5.76. The second kappa shape index (κ2) is 36.5. The van der Waals surface area contributed by atoms with Crippen molar-refractivity contribution in [1.29, 1.82) is 0 Å². The van der Waals surface area contributed by atoms with Crippen molar-refractivity contribution in [2.24, 2.45) is 0 Å². The smallest absolute Gasteiger partial charge is 0.220 e. The molecular formula is C51H95NO18. The van der Waals surface area contributed by atoms with Crippen LogP contribution >= 0.6 is 0 Å². The average molecular weight is 1010 g/mol.